The van der Waals surface area contributed by atoms with Crippen LogP contribution in [-0.4, -0.2) is 44.6 Å². The molecule has 8 heteroatoms. The summed E-state index contributed by atoms with van der Waals surface area (Å²) < 4.78 is 27.9. The first kappa shape index (κ1) is 15.8. The first-order valence-electron chi connectivity index (χ1n) is 6.23. The number of phenols is 1. The second-order valence-corrected chi connectivity index (χ2v) is 4.35. The van der Waals surface area contributed by atoms with Crippen molar-refractivity contribution < 1.29 is 33.3 Å². The van der Waals surface area contributed by atoms with E-state index in [-0.39, 0.29) is 36.0 Å². The first-order chi connectivity index (χ1) is 10.5. The Morgan fingerprint density at radius 3 is 2.59 bits per heavy atom. The highest BCUT2D eigenvalue weighted by Gasteiger charge is 2.33. The van der Waals surface area contributed by atoms with Crippen LogP contribution in [0.2, 0.25) is 0 Å². The van der Waals surface area contributed by atoms with Gasteiger partial charge in [0.25, 0.3) is 0 Å². The van der Waals surface area contributed by atoms with Crippen LogP contribution in [-0.2, 0) is 23.8 Å². The number of carbonyl (C=O) groups excluding carboxylic acids is 2. The molecule has 0 amide bonds. The van der Waals surface area contributed by atoms with E-state index in [1.54, 1.807) is 0 Å². The maximum Gasteiger partial charge on any atom is 0.355 e. The first-order valence-corrected chi connectivity index (χ1v) is 6.23. The summed E-state index contributed by atoms with van der Waals surface area (Å²) >= 11 is 0. The number of aromatic hydroxyl groups is 1. The van der Waals surface area contributed by atoms with Crippen molar-refractivity contribution in [3.05, 3.63) is 35.3 Å². The van der Waals surface area contributed by atoms with E-state index in [0.717, 1.165) is 37.3 Å². The van der Waals surface area contributed by atoms with Crippen LogP contribution in [0.25, 0.3) is 0 Å². The van der Waals surface area contributed by atoms with Crippen molar-refractivity contribution in [1.29, 1.82) is 0 Å². The number of hydrogen-bond acceptors (Lipinski definition) is 7. The molecule has 1 aliphatic rings. The minimum absolute atomic E-state index is 0.0264. The normalized spacial score (nSPS) is 14.8. The monoisotopic (exact) mass is 311 g/mol. The molecule has 0 radical (unpaired) electrons. The SMILES string of the molecule is COC(=O)C1=C(C(=O)OC)N(c2cc(F)ccc2O)COC1. The predicted molar refractivity (Wildman–Crippen MR) is 72.4 cm³/mol. The van der Waals surface area contributed by atoms with Gasteiger partial charge in [-0.1, -0.05) is 0 Å². The largest absolute Gasteiger partial charge is 0.506 e. The molecule has 0 atom stereocenters. The summed E-state index contributed by atoms with van der Waals surface area (Å²) in [6, 6.07) is 3.21. The van der Waals surface area contributed by atoms with E-state index < -0.39 is 17.8 Å². The molecule has 1 heterocycles. The van der Waals surface area contributed by atoms with Gasteiger partial charge in [-0.3, -0.25) is 0 Å². The molecular formula is C14H14FNO6. The fourth-order valence-corrected chi connectivity index (χ4v) is 2.05. The Kier molecular flexibility index (Phi) is 4.62. The van der Waals surface area contributed by atoms with Crippen LogP contribution in [0.4, 0.5) is 10.1 Å². The van der Waals surface area contributed by atoms with Crippen molar-refractivity contribution in [1.82, 2.24) is 0 Å². The molecule has 0 spiro atoms. The van der Waals surface area contributed by atoms with Crippen LogP contribution in [0.3, 0.4) is 0 Å². The van der Waals surface area contributed by atoms with Gasteiger partial charge in [-0.15, -0.1) is 0 Å². The summed E-state index contributed by atoms with van der Waals surface area (Å²) in [5.74, 6) is -2.51. The molecular weight excluding hydrogens is 297 g/mol. The highest BCUT2D eigenvalue weighted by molar-refractivity contribution is 6.03. The third kappa shape index (κ3) is 2.86. The second-order valence-electron chi connectivity index (χ2n) is 4.35. The minimum Gasteiger partial charge on any atom is -0.506 e. The van der Waals surface area contributed by atoms with E-state index in [1.165, 1.54) is 0 Å². The highest BCUT2D eigenvalue weighted by Crippen LogP contribution is 2.33. The van der Waals surface area contributed by atoms with E-state index in [4.69, 9.17) is 4.74 Å². The number of benzene rings is 1. The Morgan fingerprint density at radius 1 is 1.27 bits per heavy atom. The molecule has 0 fully saturated rings. The van der Waals surface area contributed by atoms with Gasteiger partial charge in [-0.05, 0) is 12.1 Å². The van der Waals surface area contributed by atoms with E-state index in [9.17, 15) is 19.1 Å². The Hall–Kier alpha value is -2.61. The summed E-state index contributed by atoms with van der Waals surface area (Å²) in [5, 5.41) is 9.89. The maximum atomic E-state index is 13.4. The highest BCUT2D eigenvalue weighted by atomic mass is 19.1. The summed E-state index contributed by atoms with van der Waals surface area (Å²) in [6.07, 6.45) is 0. The van der Waals surface area contributed by atoms with Crippen LogP contribution in [0.1, 0.15) is 0 Å². The molecule has 1 aromatic rings. The smallest absolute Gasteiger partial charge is 0.355 e. The number of phenolic OH excluding ortho intramolecular Hbond substituents is 1. The average molecular weight is 311 g/mol. The van der Waals surface area contributed by atoms with Gasteiger partial charge in [-0.2, -0.15) is 0 Å². The van der Waals surface area contributed by atoms with Crippen molar-refractivity contribution in [3.8, 4) is 5.75 Å². The lowest BCUT2D eigenvalue weighted by Gasteiger charge is -2.31. The lowest BCUT2D eigenvalue weighted by molar-refractivity contribution is -0.140. The van der Waals surface area contributed by atoms with E-state index in [0.29, 0.717) is 0 Å². The van der Waals surface area contributed by atoms with Crippen LogP contribution < -0.4 is 4.90 Å². The zero-order valence-corrected chi connectivity index (χ0v) is 12.0. The molecule has 1 N–H and O–H groups in total. The number of methoxy groups -OCH3 is 2. The lowest BCUT2D eigenvalue weighted by atomic mass is 10.1. The fraction of sp³-hybridized carbons (Fsp3) is 0.286. The van der Waals surface area contributed by atoms with Gasteiger partial charge in [-0.25, -0.2) is 14.0 Å². The van der Waals surface area contributed by atoms with Gasteiger partial charge in [0.1, 0.15) is 24.0 Å². The molecule has 0 aliphatic carbocycles. The van der Waals surface area contributed by atoms with Crippen molar-refractivity contribution in [2.45, 2.75) is 0 Å². The second kappa shape index (κ2) is 6.44. The molecule has 1 aliphatic heterocycles. The number of nitrogens with zero attached hydrogens (tertiary/aromatic N) is 1. The molecule has 118 valence electrons. The summed E-state index contributed by atoms with van der Waals surface area (Å²) in [7, 11) is 2.30. The fourth-order valence-electron chi connectivity index (χ4n) is 2.05. The van der Waals surface area contributed by atoms with Gasteiger partial charge in [0, 0.05) is 6.07 Å². The Bertz CT molecular complexity index is 642. The third-order valence-electron chi connectivity index (χ3n) is 3.06. The van der Waals surface area contributed by atoms with Crippen molar-refractivity contribution in [3.63, 3.8) is 0 Å². The number of anilines is 1. The van der Waals surface area contributed by atoms with Gasteiger partial charge in [0.2, 0.25) is 0 Å². The number of rotatable bonds is 3. The molecule has 22 heavy (non-hydrogen) atoms. The molecule has 2 rings (SSSR count). The number of halogens is 1. The van der Waals surface area contributed by atoms with Gasteiger partial charge >= 0.3 is 11.9 Å². The molecule has 0 aromatic heterocycles. The zero-order valence-electron chi connectivity index (χ0n) is 12.0. The Morgan fingerprint density at radius 2 is 1.95 bits per heavy atom. The van der Waals surface area contributed by atoms with Crippen LogP contribution in [0, 0.1) is 5.82 Å². The topological polar surface area (TPSA) is 85.3 Å². The maximum absolute atomic E-state index is 13.4. The van der Waals surface area contributed by atoms with Crippen LogP contribution in [0.15, 0.2) is 29.5 Å². The van der Waals surface area contributed by atoms with E-state index in [1.807, 2.05) is 0 Å². The van der Waals surface area contributed by atoms with Crippen molar-refractivity contribution in [2.75, 3.05) is 32.5 Å². The molecule has 0 saturated heterocycles. The Balaban J connectivity index is 2.60. The molecule has 0 bridgehead atoms. The molecule has 0 unspecified atom stereocenters. The number of esters is 2. The minimum atomic E-state index is -0.827. The Labute approximate surface area is 125 Å². The summed E-state index contributed by atoms with van der Waals surface area (Å²) in [5.41, 5.74) is -0.271. The van der Waals surface area contributed by atoms with E-state index in [2.05, 4.69) is 9.47 Å². The zero-order chi connectivity index (χ0) is 16.3. The quantitative estimate of drug-likeness (QED) is 0.831. The third-order valence-corrected chi connectivity index (χ3v) is 3.06. The van der Waals surface area contributed by atoms with Gasteiger partial charge < -0.3 is 24.2 Å². The summed E-state index contributed by atoms with van der Waals surface area (Å²) in [4.78, 5) is 25.0. The lowest BCUT2D eigenvalue weighted by Crippen LogP contribution is -2.38. The predicted octanol–water partition coefficient (Wildman–Crippen LogP) is 0.925. The van der Waals surface area contributed by atoms with Gasteiger partial charge in [0.15, 0.2) is 0 Å². The average Bonchev–Trinajstić information content (AvgIpc) is 2.54. The van der Waals surface area contributed by atoms with Crippen molar-refractivity contribution in [2.24, 2.45) is 0 Å². The molecule has 1 aromatic carbocycles. The summed E-state index contributed by atoms with van der Waals surface area (Å²) in [6.45, 7) is -0.328. The standard InChI is InChI=1S/C14H14FNO6/c1-20-13(18)9-6-22-7-16(12(9)14(19)21-2)10-5-8(15)3-4-11(10)17/h3-5,17H,6-7H2,1-2H3. The number of hydrogen-bond donors (Lipinski definition) is 1. The molecule has 7 nitrogen and oxygen atoms in total. The van der Waals surface area contributed by atoms with E-state index >= 15 is 0 Å². The van der Waals surface area contributed by atoms with Crippen LogP contribution in [0.5, 0.6) is 5.75 Å². The number of ether oxygens (including phenoxy) is 3. The van der Waals surface area contributed by atoms with Gasteiger partial charge in [0.05, 0.1) is 32.1 Å². The number of carbonyl (C=O) groups is 2. The van der Waals surface area contributed by atoms with Crippen molar-refractivity contribution >= 4 is 17.6 Å². The van der Waals surface area contributed by atoms with Crippen LogP contribution >= 0.6 is 0 Å². The molecule has 0 saturated carbocycles.